The van der Waals surface area contributed by atoms with E-state index in [0.29, 0.717) is 5.56 Å². The Balaban J connectivity index is 1.94. The summed E-state index contributed by atoms with van der Waals surface area (Å²) in [6.07, 6.45) is 0.874. The zero-order valence-electron chi connectivity index (χ0n) is 10.3. The van der Waals surface area contributed by atoms with Gasteiger partial charge in [-0.05, 0) is 36.8 Å². The molecule has 2 aromatic carbocycles. The van der Waals surface area contributed by atoms with Gasteiger partial charge in [0.2, 0.25) is 0 Å². The van der Waals surface area contributed by atoms with Gasteiger partial charge in [-0.15, -0.1) is 11.3 Å². The SMILES string of the molecule is Cc1cc(C=O)ccc1Sc1nc2ccccc2s1. The molecule has 0 radical (unpaired) electrons. The third-order valence-electron chi connectivity index (χ3n) is 2.81. The normalized spacial score (nSPS) is 10.8. The molecule has 0 amide bonds. The molecule has 0 saturated carbocycles. The van der Waals surface area contributed by atoms with Crippen LogP contribution in [0.2, 0.25) is 0 Å². The largest absolute Gasteiger partial charge is 0.298 e. The van der Waals surface area contributed by atoms with Crippen molar-refractivity contribution in [3.8, 4) is 0 Å². The highest BCUT2D eigenvalue weighted by molar-refractivity contribution is 8.01. The molecule has 0 unspecified atom stereocenters. The zero-order chi connectivity index (χ0) is 13.2. The van der Waals surface area contributed by atoms with Crippen LogP contribution in [0.25, 0.3) is 10.2 Å². The van der Waals surface area contributed by atoms with E-state index in [9.17, 15) is 4.79 Å². The molecule has 19 heavy (non-hydrogen) atoms. The van der Waals surface area contributed by atoms with E-state index in [4.69, 9.17) is 0 Å². The van der Waals surface area contributed by atoms with Gasteiger partial charge >= 0.3 is 0 Å². The summed E-state index contributed by atoms with van der Waals surface area (Å²) >= 11 is 3.34. The number of aryl methyl sites for hydroxylation is 1. The van der Waals surface area contributed by atoms with E-state index in [-0.39, 0.29) is 0 Å². The molecule has 1 aromatic heterocycles. The second kappa shape index (κ2) is 5.15. The quantitative estimate of drug-likeness (QED) is 0.660. The number of hydrogen-bond donors (Lipinski definition) is 0. The Labute approximate surface area is 119 Å². The third-order valence-corrected chi connectivity index (χ3v) is 5.08. The lowest BCUT2D eigenvalue weighted by atomic mass is 10.2. The van der Waals surface area contributed by atoms with Crippen LogP contribution in [0, 0.1) is 6.92 Å². The van der Waals surface area contributed by atoms with Crippen LogP contribution in [0.15, 0.2) is 51.7 Å². The maximum atomic E-state index is 10.7. The summed E-state index contributed by atoms with van der Waals surface area (Å²) in [5.74, 6) is 0. The number of aromatic nitrogens is 1. The van der Waals surface area contributed by atoms with E-state index in [1.54, 1.807) is 23.1 Å². The number of rotatable bonds is 3. The minimum absolute atomic E-state index is 0.714. The smallest absolute Gasteiger partial charge is 0.155 e. The van der Waals surface area contributed by atoms with Gasteiger partial charge in [0.15, 0.2) is 4.34 Å². The number of benzene rings is 2. The lowest BCUT2D eigenvalue weighted by Crippen LogP contribution is -1.84. The maximum absolute atomic E-state index is 10.7. The van der Waals surface area contributed by atoms with Crippen LogP contribution < -0.4 is 0 Å². The van der Waals surface area contributed by atoms with Crippen LogP contribution in [0.4, 0.5) is 0 Å². The molecule has 0 aliphatic rings. The highest BCUT2D eigenvalue weighted by atomic mass is 32.2. The van der Waals surface area contributed by atoms with E-state index in [2.05, 4.69) is 11.1 Å². The Kier molecular flexibility index (Phi) is 3.36. The van der Waals surface area contributed by atoms with Crippen molar-refractivity contribution in [2.24, 2.45) is 0 Å². The van der Waals surface area contributed by atoms with Gasteiger partial charge in [0.1, 0.15) is 6.29 Å². The number of thiazole rings is 1. The first-order valence-corrected chi connectivity index (χ1v) is 7.49. The molecule has 0 N–H and O–H groups in total. The van der Waals surface area contributed by atoms with Gasteiger partial charge in [-0.3, -0.25) is 4.79 Å². The van der Waals surface area contributed by atoms with Gasteiger partial charge in [-0.1, -0.05) is 30.0 Å². The Morgan fingerprint density at radius 3 is 2.79 bits per heavy atom. The van der Waals surface area contributed by atoms with Crippen molar-refractivity contribution in [3.05, 3.63) is 53.6 Å². The first-order valence-electron chi connectivity index (χ1n) is 5.85. The summed E-state index contributed by atoms with van der Waals surface area (Å²) in [6, 6.07) is 13.9. The molecular weight excluding hydrogens is 274 g/mol. The van der Waals surface area contributed by atoms with Gasteiger partial charge in [0, 0.05) is 10.5 Å². The van der Waals surface area contributed by atoms with Crippen molar-refractivity contribution in [2.45, 2.75) is 16.2 Å². The van der Waals surface area contributed by atoms with Crippen LogP contribution >= 0.6 is 23.1 Å². The molecule has 0 aliphatic heterocycles. The molecule has 0 aliphatic carbocycles. The Morgan fingerprint density at radius 1 is 1.21 bits per heavy atom. The number of fused-ring (bicyclic) bond motifs is 1. The number of aldehydes is 1. The second-order valence-electron chi connectivity index (χ2n) is 4.19. The fourth-order valence-electron chi connectivity index (χ4n) is 1.85. The average Bonchev–Trinajstić information content (AvgIpc) is 2.83. The van der Waals surface area contributed by atoms with Crippen molar-refractivity contribution in [1.82, 2.24) is 4.98 Å². The molecule has 0 spiro atoms. The molecular formula is C15H11NOS2. The monoisotopic (exact) mass is 285 g/mol. The fraction of sp³-hybridized carbons (Fsp3) is 0.0667. The molecule has 4 heteroatoms. The average molecular weight is 285 g/mol. The lowest BCUT2D eigenvalue weighted by Gasteiger charge is -2.03. The van der Waals surface area contributed by atoms with Crippen LogP contribution in [0.3, 0.4) is 0 Å². The fourth-order valence-corrected chi connectivity index (χ4v) is 3.94. The molecule has 3 aromatic rings. The van der Waals surface area contributed by atoms with Crippen molar-refractivity contribution in [1.29, 1.82) is 0 Å². The minimum atomic E-state index is 0.714. The molecule has 0 atom stereocenters. The highest BCUT2D eigenvalue weighted by Crippen LogP contribution is 2.35. The number of hydrogen-bond acceptors (Lipinski definition) is 4. The van der Waals surface area contributed by atoms with Crippen LogP contribution in [-0.2, 0) is 0 Å². The molecule has 0 fully saturated rings. The predicted octanol–water partition coefficient (Wildman–Crippen LogP) is 4.57. The van der Waals surface area contributed by atoms with Gasteiger partial charge in [-0.25, -0.2) is 4.98 Å². The Hall–Kier alpha value is -1.65. The number of nitrogens with zero attached hydrogens (tertiary/aromatic N) is 1. The van der Waals surface area contributed by atoms with Crippen molar-refractivity contribution in [2.75, 3.05) is 0 Å². The van der Waals surface area contributed by atoms with Crippen LogP contribution in [0.5, 0.6) is 0 Å². The number of carbonyl (C=O) groups is 1. The zero-order valence-corrected chi connectivity index (χ0v) is 11.9. The third kappa shape index (κ3) is 2.55. The van der Waals surface area contributed by atoms with Crippen molar-refractivity contribution >= 4 is 39.6 Å². The topological polar surface area (TPSA) is 30.0 Å². The van der Waals surface area contributed by atoms with Crippen molar-refractivity contribution < 1.29 is 4.79 Å². The molecule has 2 nitrogen and oxygen atoms in total. The summed E-state index contributed by atoms with van der Waals surface area (Å²) in [7, 11) is 0. The van der Waals surface area contributed by atoms with Crippen molar-refractivity contribution in [3.63, 3.8) is 0 Å². The van der Waals surface area contributed by atoms with Gasteiger partial charge < -0.3 is 0 Å². The summed E-state index contributed by atoms with van der Waals surface area (Å²) < 4.78 is 2.23. The van der Waals surface area contributed by atoms with Crippen LogP contribution in [0.1, 0.15) is 15.9 Å². The molecule has 3 rings (SSSR count). The first-order chi connectivity index (χ1) is 9.26. The first kappa shape index (κ1) is 12.4. The van der Waals surface area contributed by atoms with E-state index in [1.807, 2.05) is 43.3 Å². The van der Waals surface area contributed by atoms with E-state index >= 15 is 0 Å². The number of carbonyl (C=O) groups excluding carboxylic acids is 1. The standard InChI is InChI=1S/C15H11NOS2/c1-10-8-11(9-17)6-7-13(10)18-15-16-12-4-2-3-5-14(12)19-15/h2-9H,1H3. The highest BCUT2D eigenvalue weighted by Gasteiger charge is 2.07. The van der Waals surface area contributed by atoms with E-state index < -0.39 is 0 Å². The summed E-state index contributed by atoms with van der Waals surface area (Å²) in [5, 5.41) is 0. The Bertz CT molecular complexity index is 716. The van der Waals surface area contributed by atoms with Gasteiger partial charge in [0.25, 0.3) is 0 Å². The summed E-state index contributed by atoms with van der Waals surface area (Å²) in [4.78, 5) is 16.5. The second-order valence-corrected chi connectivity index (χ2v) is 6.51. The summed E-state index contributed by atoms with van der Waals surface area (Å²) in [6.45, 7) is 2.02. The lowest BCUT2D eigenvalue weighted by molar-refractivity contribution is 0.112. The van der Waals surface area contributed by atoms with Crippen LogP contribution in [-0.4, -0.2) is 11.3 Å². The van der Waals surface area contributed by atoms with Gasteiger partial charge in [-0.2, -0.15) is 0 Å². The summed E-state index contributed by atoms with van der Waals surface area (Å²) in [5.41, 5.74) is 2.86. The predicted molar refractivity (Wildman–Crippen MR) is 80.3 cm³/mol. The van der Waals surface area contributed by atoms with E-state index in [1.165, 1.54) is 4.70 Å². The maximum Gasteiger partial charge on any atom is 0.155 e. The minimum Gasteiger partial charge on any atom is -0.298 e. The van der Waals surface area contributed by atoms with E-state index in [0.717, 1.165) is 26.6 Å². The molecule has 1 heterocycles. The number of para-hydroxylation sites is 1. The molecule has 0 saturated heterocycles. The van der Waals surface area contributed by atoms with Gasteiger partial charge in [0.05, 0.1) is 10.2 Å². The molecule has 0 bridgehead atoms. The molecule has 94 valence electrons. The Morgan fingerprint density at radius 2 is 2.05 bits per heavy atom.